The topological polar surface area (TPSA) is 189 Å². The number of hydrogen-bond acceptors (Lipinski definition) is 10. The molecule has 4 atom stereocenters. The van der Waals surface area contributed by atoms with Gasteiger partial charge in [-0.05, 0) is 12.1 Å². The summed E-state index contributed by atoms with van der Waals surface area (Å²) in [5, 5.41) is 42.3. The van der Waals surface area contributed by atoms with Crippen LogP contribution in [0.4, 0.5) is 19.0 Å². The van der Waals surface area contributed by atoms with Crippen LogP contribution in [0.1, 0.15) is 22.1 Å². The Morgan fingerprint density at radius 3 is 2.66 bits per heavy atom. The van der Waals surface area contributed by atoms with Crippen LogP contribution in [-0.4, -0.2) is 70.7 Å². The summed E-state index contributed by atoms with van der Waals surface area (Å²) in [7, 11) is 0. The number of hydrogen-bond donors (Lipinski definition) is 6. The Hall–Kier alpha value is -3.95. The summed E-state index contributed by atoms with van der Waals surface area (Å²) < 4.78 is 45.8. The van der Waals surface area contributed by atoms with Gasteiger partial charge >= 0.3 is 6.18 Å². The summed E-state index contributed by atoms with van der Waals surface area (Å²) in [6.07, 6.45) is -4.49. The SMILES string of the molecule is Nc1ncnc2c1ncn2C1OC(C=CCNC(=O)c2cc(C(F)(F)F)cc(O)c2O)C(O)C1O. The number of phenols is 2. The minimum atomic E-state index is -4.84. The molecule has 0 spiro atoms. The lowest BCUT2D eigenvalue weighted by Gasteiger charge is -2.16. The Kier molecular flexibility index (Phi) is 6.23. The van der Waals surface area contributed by atoms with E-state index in [0.29, 0.717) is 12.1 Å². The van der Waals surface area contributed by atoms with Crippen LogP contribution in [0.25, 0.3) is 11.2 Å². The third-order valence-electron chi connectivity index (χ3n) is 5.30. The van der Waals surface area contributed by atoms with Crippen molar-refractivity contribution >= 4 is 22.9 Å². The van der Waals surface area contributed by atoms with Gasteiger partial charge in [-0.25, -0.2) is 15.0 Å². The quantitative estimate of drug-likeness (QED) is 0.214. The van der Waals surface area contributed by atoms with E-state index in [4.69, 9.17) is 10.5 Å². The molecule has 2 aromatic heterocycles. The van der Waals surface area contributed by atoms with E-state index >= 15 is 0 Å². The third kappa shape index (κ3) is 4.55. The maximum atomic E-state index is 12.9. The number of carbonyl (C=O) groups excluding carboxylic acids is 1. The van der Waals surface area contributed by atoms with Crippen LogP contribution in [-0.2, 0) is 10.9 Å². The summed E-state index contributed by atoms with van der Waals surface area (Å²) in [5.41, 5.74) is 4.21. The van der Waals surface area contributed by atoms with Crippen molar-refractivity contribution in [2.75, 3.05) is 12.3 Å². The molecule has 15 heteroatoms. The van der Waals surface area contributed by atoms with Crippen molar-refractivity contribution in [1.82, 2.24) is 24.8 Å². The highest BCUT2D eigenvalue weighted by Gasteiger charge is 2.43. The summed E-state index contributed by atoms with van der Waals surface area (Å²) in [5.74, 6) is -3.06. The molecule has 186 valence electrons. The van der Waals surface area contributed by atoms with Gasteiger partial charge < -0.3 is 36.2 Å². The normalized spacial score (nSPS) is 22.8. The molecule has 3 heterocycles. The molecule has 1 fully saturated rings. The largest absolute Gasteiger partial charge is 0.504 e. The number of aliphatic hydroxyl groups excluding tert-OH is 2. The van der Waals surface area contributed by atoms with Crippen LogP contribution in [0.15, 0.2) is 36.9 Å². The highest BCUT2D eigenvalue weighted by molar-refractivity contribution is 5.98. The molecule has 1 aromatic carbocycles. The maximum Gasteiger partial charge on any atom is 0.416 e. The van der Waals surface area contributed by atoms with E-state index in [2.05, 4.69) is 20.3 Å². The van der Waals surface area contributed by atoms with E-state index in [1.54, 1.807) is 0 Å². The molecule has 0 radical (unpaired) electrons. The molecule has 0 saturated carbocycles. The minimum Gasteiger partial charge on any atom is -0.504 e. The zero-order chi connectivity index (χ0) is 25.5. The fraction of sp³-hybridized carbons (Fsp3) is 0.300. The molecule has 4 unspecified atom stereocenters. The van der Waals surface area contributed by atoms with Gasteiger partial charge in [-0.1, -0.05) is 12.2 Å². The molecule has 1 aliphatic rings. The predicted molar refractivity (Wildman–Crippen MR) is 112 cm³/mol. The van der Waals surface area contributed by atoms with Gasteiger partial charge in [0.15, 0.2) is 29.2 Å². The Morgan fingerprint density at radius 2 is 1.94 bits per heavy atom. The first-order valence-electron chi connectivity index (χ1n) is 10.0. The number of nitrogens with one attached hydrogen (secondary N) is 1. The van der Waals surface area contributed by atoms with E-state index < -0.39 is 59.2 Å². The third-order valence-corrected chi connectivity index (χ3v) is 5.30. The molecular weight excluding hydrogens is 477 g/mol. The van der Waals surface area contributed by atoms with E-state index in [9.17, 15) is 38.4 Å². The monoisotopic (exact) mass is 496 g/mol. The van der Waals surface area contributed by atoms with E-state index in [0.717, 1.165) is 0 Å². The smallest absolute Gasteiger partial charge is 0.416 e. The van der Waals surface area contributed by atoms with Gasteiger partial charge in [0.05, 0.1) is 17.5 Å². The van der Waals surface area contributed by atoms with Crippen LogP contribution in [0.5, 0.6) is 11.5 Å². The van der Waals surface area contributed by atoms with E-state index in [1.165, 1.54) is 29.4 Å². The van der Waals surface area contributed by atoms with Crippen LogP contribution in [0, 0.1) is 0 Å². The fourth-order valence-electron chi connectivity index (χ4n) is 3.54. The van der Waals surface area contributed by atoms with Crippen molar-refractivity contribution in [2.45, 2.75) is 30.7 Å². The zero-order valence-corrected chi connectivity index (χ0v) is 17.6. The molecule has 7 N–H and O–H groups in total. The Balaban J connectivity index is 1.43. The highest BCUT2D eigenvalue weighted by Crippen LogP contribution is 2.38. The van der Waals surface area contributed by atoms with Crippen LogP contribution < -0.4 is 11.1 Å². The molecule has 1 amide bonds. The number of nitrogen functional groups attached to an aromatic ring is 1. The lowest BCUT2D eigenvalue weighted by Crippen LogP contribution is -2.31. The Labute approximate surface area is 194 Å². The van der Waals surface area contributed by atoms with Crippen LogP contribution >= 0.6 is 0 Å². The average molecular weight is 496 g/mol. The molecule has 35 heavy (non-hydrogen) atoms. The number of halogens is 3. The van der Waals surface area contributed by atoms with Gasteiger partial charge in [0.2, 0.25) is 0 Å². The summed E-state index contributed by atoms with van der Waals surface area (Å²) in [6.45, 7) is -0.236. The second kappa shape index (κ2) is 9.01. The molecule has 3 aromatic rings. The number of anilines is 1. The number of amides is 1. The summed E-state index contributed by atoms with van der Waals surface area (Å²) >= 11 is 0. The Morgan fingerprint density at radius 1 is 1.20 bits per heavy atom. The van der Waals surface area contributed by atoms with Crippen molar-refractivity contribution in [3.8, 4) is 11.5 Å². The number of nitrogens with two attached hydrogens (primary N) is 1. The molecule has 4 rings (SSSR count). The molecule has 0 bridgehead atoms. The fourth-order valence-corrected chi connectivity index (χ4v) is 3.54. The van der Waals surface area contributed by atoms with Gasteiger partial charge in [0.25, 0.3) is 5.91 Å². The van der Waals surface area contributed by atoms with Crippen LogP contribution in [0.3, 0.4) is 0 Å². The van der Waals surface area contributed by atoms with Gasteiger partial charge in [-0.2, -0.15) is 13.2 Å². The van der Waals surface area contributed by atoms with Gasteiger partial charge in [-0.3, -0.25) is 9.36 Å². The number of aromatic nitrogens is 4. The lowest BCUT2D eigenvalue weighted by atomic mass is 10.1. The number of imidazole rings is 1. The number of aliphatic hydroxyl groups is 2. The van der Waals surface area contributed by atoms with Crippen molar-refractivity contribution in [3.63, 3.8) is 0 Å². The second-order valence-corrected chi connectivity index (χ2v) is 7.58. The molecule has 1 saturated heterocycles. The van der Waals surface area contributed by atoms with Crippen molar-refractivity contribution in [3.05, 3.63) is 48.1 Å². The Bertz CT molecular complexity index is 1300. The number of phenolic OH excluding ortho intramolecular Hbond substituents is 2. The van der Waals surface area contributed by atoms with Crippen molar-refractivity contribution in [2.24, 2.45) is 0 Å². The van der Waals surface area contributed by atoms with E-state index in [-0.39, 0.29) is 23.5 Å². The first-order valence-corrected chi connectivity index (χ1v) is 10.0. The molecular formula is C20H19F3N6O6. The van der Waals surface area contributed by atoms with Crippen LogP contribution in [0.2, 0.25) is 0 Å². The number of aromatic hydroxyl groups is 2. The maximum absolute atomic E-state index is 12.9. The number of ether oxygens (including phenoxy) is 1. The zero-order valence-electron chi connectivity index (χ0n) is 17.6. The number of benzene rings is 1. The molecule has 0 aliphatic carbocycles. The summed E-state index contributed by atoms with van der Waals surface area (Å²) in [6, 6.07) is 0.709. The summed E-state index contributed by atoms with van der Waals surface area (Å²) in [4.78, 5) is 24.2. The van der Waals surface area contributed by atoms with Gasteiger partial charge in [-0.15, -0.1) is 0 Å². The molecule has 12 nitrogen and oxygen atoms in total. The number of fused-ring (bicyclic) bond motifs is 1. The second-order valence-electron chi connectivity index (χ2n) is 7.58. The van der Waals surface area contributed by atoms with Gasteiger partial charge in [0.1, 0.15) is 30.2 Å². The first kappa shape index (κ1) is 24.2. The van der Waals surface area contributed by atoms with Crippen molar-refractivity contribution < 1.29 is 43.1 Å². The highest BCUT2D eigenvalue weighted by atomic mass is 19.4. The van der Waals surface area contributed by atoms with Gasteiger partial charge in [0, 0.05) is 6.54 Å². The predicted octanol–water partition coefficient (Wildman–Crippen LogP) is 0.444. The van der Waals surface area contributed by atoms with Crippen molar-refractivity contribution in [1.29, 1.82) is 0 Å². The number of rotatable bonds is 5. The lowest BCUT2D eigenvalue weighted by molar-refractivity contribution is -0.137. The average Bonchev–Trinajstić information content (AvgIpc) is 3.34. The number of carbonyl (C=O) groups is 1. The van der Waals surface area contributed by atoms with E-state index in [1.807, 2.05) is 0 Å². The number of alkyl halides is 3. The number of nitrogens with zero attached hydrogens (tertiary/aromatic N) is 4. The first-order chi connectivity index (χ1) is 16.5. The molecule has 1 aliphatic heterocycles. The standard InChI is InChI=1S/C20H19F3N6O6/c21-20(22,23)8-4-9(13(31)10(30)5-8)18(34)25-3-1-2-11-14(32)15(33)19(35-11)29-7-28-12-16(24)26-6-27-17(12)29/h1-2,4-7,11,14-15,19,30-33H,3H2,(H,25,34)(H2,24,26,27). The minimum absolute atomic E-state index is 0.120.